The van der Waals surface area contributed by atoms with E-state index in [9.17, 15) is 0 Å². The Labute approximate surface area is 98.9 Å². The van der Waals surface area contributed by atoms with Crippen molar-refractivity contribution in [2.45, 2.75) is 6.42 Å². The van der Waals surface area contributed by atoms with Crippen LogP contribution in [0.25, 0.3) is 5.69 Å². The number of hydrogen-bond donors (Lipinski definition) is 1. The van der Waals surface area contributed by atoms with Gasteiger partial charge in [0.15, 0.2) is 0 Å². The molecule has 0 aliphatic rings. The molecule has 0 atom stereocenters. The second kappa shape index (κ2) is 4.25. The van der Waals surface area contributed by atoms with Gasteiger partial charge in [0.1, 0.15) is 0 Å². The first kappa shape index (κ1) is 9.84. The van der Waals surface area contributed by atoms with Gasteiger partial charge in [0.2, 0.25) is 0 Å². The molecule has 0 aliphatic carbocycles. The fraction of sp³-hybridized carbons (Fsp3) is 0.0769. The lowest BCUT2D eigenvalue weighted by atomic mass is 10.1. The third-order valence-corrected chi connectivity index (χ3v) is 2.71. The Morgan fingerprint density at radius 2 is 1.88 bits per heavy atom. The van der Waals surface area contributed by atoms with E-state index < -0.39 is 0 Å². The molecule has 0 bridgehead atoms. The van der Waals surface area contributed by atoms with Crippen molar-refractivity contribution in [3.63, 3.8) is 0 Å². The average Bonchev–Trinajstić information content (AvgIpc) is 3.01. The number of hydrogen-bond acceptors (Lipinski definition) is 2. The predicted molar refractivity (Wildman–Crippen MR) is 65.0 cm³/mol. The Morgan fingerprint density at radius 3 is 2.65 bits per heavy atom. The van der Waals surface area contributed by atoms with Crippen LogP contribution in [0.3, 0.4) is 0 Å². The summed E-state index contributed by atoms with van der Waals surface area (Å²) in [7, 11) is 0. The van der Waals surface area contributed by atoms with Crippen molar-refractivity contribution in [1.82, 2.24) is 20.0 Å². The number of rotatable bonds is 3. The molecule has 0 amide bonds. The predicted octanol–water partition coefficient (Wildman–Crippen LogP) is 2.19. The van der Waals surface area contributed by atoms with E-state index in [4.69, 9.17) is 0 Å². The SMILES string of the molecule is c1ccc(-n2cccc2)c(Cc2cn[nH]n2)c1. The Balaban J connectivity index is 1.99. The van der Waals surface area contributed by atoms with Crippen LogP contribution in [0, 0.1) is 0 Å². The van der Waals surface area contributed by atoms with E-state index in [-0.39, 0.29) is 0 Å². The molecule has 0 aliphatic heterocycles. The smallest absolute Gasteiger partial charge is 0.0869 e. The number of benzene rings is 1. The standard InChI is InChI=1S/C13H12N4/c1-2-6-13(17-7-3-4-8-17)11(5-1)9-12-10-14-16-15-12/h1-8,10H,9H2,(H,14,15,16). The molecular weight excluding hydrogens is 212 g/mol. The molecule has 1 N–H and O–H groups in total. The average molecular weight is 224 g/mol. The molecule has 0 saturated carbocycles. The molecule has 4 nitrogen and oxygen atoms in total. The van der Waals surface area contributed by atoms with Gasteiger partial charge in [-0.05, 0) is 23.8 Å². The molecule has 3 rings (SSSR count). The highest BCUT2D eigenvalue weighted by molar-refractivity contribution is 5.43. The molecule has 0 radical (unpaired) electrons. The van der Waals surface area contributed by atoms with Gasteiger partial charge in [-0.25, -0.2) is 0 Å². The van der Waals surface area contributed by atoms with Crippen LogP contribution >= 0.6 is 0 Å². The van der Waals surface area contributed by atoms with Gasteiger partial charge < -0.3 is 4.57 Å². The van der Waals surface area contributed by atoms with Crippen molar-refractivity contribution >= 4 is 0 Å². The highest BCUT2D eigenvalue weighted by Crippen LogP contribution is 2.17. The molecule has 4 heteroatoms. The maximum absolute atomic E-state index is 4.09. The number of H-pyrrole nitrogens is 1. The lowest BCUT2D eigenvalue weighted by Crippen LogP contribution is -1.98. The van der Waals surface area contributed by atoms with Gasteiger partial charge in [-0.2, -0.15) is 15.4 Å². The van der Waals surface area contributed by atoms with E-state index >= 15 is 0 Å². The molecule has 0 fully saturated rings. The fourth-order valence-corrected chi connectivity index (χ4v) is 1.91. The summed E-state index contributed by atoms with van der Waals surface area (Å²) >= 11 is 0. The lowest BCUT2D eigenvalue weighted by Gasteiger charge is -2.09. The van der Waals surface area contributed by atoms with Gasteiger partial charge in [0, 0.05) is 24.5 Å². The van der Waals surface area contributed by atoms with E-state index in [0.717, 1.165) is 12.1 Å². The van der Waals surface area contributed by atoms with Crippen LogP contribution in [0.4, 0.5) is 0 Å². The van der Waals surface area contributed by atoms with Crippen LogP contribution in [0.2, 0.25) is 0 Å². The van der Waals surface area contributed by atoms with Gasteiger partial charge >= 0.3 is 0 Å². The summed E-state index contributed by atoms with van der Waals surface area (Å²) in [5, 5.41) is 10.6. The van der Waals surface area contributed by atoms with Crippen molar-refractivity contribution in [2.24, 2.45) is 0 Å². The highest BCUT2D eigenvalue weighted by Gasteiger charge is 2.05. The van der Waals surface area contributed by atoms with E-state index in [1.165, 1.54) is 11.3 Å². The van der Waals surface area contributed by atoms with Crippen LogP contribution in [0.5, 0.6) is 0 Å². The lowest BCUT2D eigenvalue weighted by molar-refractivity contribution is 0.911. The Kier molecular flexibility index (Phi) is 2.46. The fourth-order valence-electron chi connectivity index (χ4n) is 1.91. The molecule has 0 unspecified atom stereocenters. The van der Waals surface area contributed by atoms with Crippen LogP contribution in [-0.4, -0.2) is 20.0 Å². The minimum Gasteiger partial charge on any atom is -0.324 e. The van der Waals surface area contributed by atoms with Crippen LogP contribution < -0.4 is 0 Å². The second-order valence-corrected chi connectivity index (χ2v) is 3.86. The summed E-state index contributed by atoms with van der Waals surface area (Å²) < 4.78 is 2.11. The van der Waals surface area contributed by atoms with Gasteiger partial charge in [-0.1, -0.05) is 18.2 Å². The topological polar surface area (TPSA) is 46.5 Å². The Bertz CT molecular complexity index is 582. The van der Waals surface area contributed by atoms with Crippen molar-refractivity contribution in [1.29, 1.82) is 0 Å². The van der Waals surface area contributed by atoms with E-state index in [1.54, 1.807) is 6.20 Å². The summed E-state index contributed by atoms with van der Waals surface area (Å²) in [5.41, 5.74) is 3.36. The van der Waals surface area contributed by atoms with Gasteiger partial charge in [0.05, 0.1) is 11.9 Å². The normalized spacial score (nSPS) is 10.6. The monoisotopic (exact) mass is 224 g/mol. The molecule has 17 heavy (non-hydrogen) atoms. The zero-order valence-corrected chi connectivity index (χ0v) is 9.24. The quantitative estimate of drug-likeness (QED) is 0.741. The van der Waals surface area contributed by atoms with Gasteiger partial charge in [0.25, 0.3) is 0 Å². The van der Waals surface area contributed by atoms with E-state index in [2.05, 4.69) is 32.1 Å². The zero-order chi connectivity index (χ0) is 11.5. The molecule has 2 aromatic heterocycles. The molecule has 1 aromatic carbocycles. The number of para-hydroxylation sites is 1. The Hall–Kier alpha value is -2.36. The summed E-state index contributed by atoms with van der Waals surface area (Å²) in [5.74, 6) is 0. The number of nitrogens with zero attached hydrogens (tertiary/aromatic N) is 3. The minimum absolute atomic E-state index is 0.783. The van der Waals surface area contributed by atoms with Crippen LogP contribution in [0.15, 0.2) is 55.0 Å². The first-order valence-corrected chi connectivity index (χ1v) is 5.49. The van der Waals surface area contributed by atoms with Gasteiger partial charge in [-0.15, -0.1) is 0 Å². The van der Waals surface area contributed by atoms with Crippen molar-refractivity contribution in [3.8, 4) is 5.69 Å². The van der Waals surface area contributed by atoms with E-state index in [1.807, 2.05) is 36.7 Å². The molecule has 2 heterocycles. The zero-order valence-electron chi connectivity index (χ0n) is 9.24. The minimum atomic E-state index is 0.783. The summed E-state index contributed by atoms with van der Waals surface area (Å²) in [6.07, 6.45) is 6.63. The van der Waals surface area contributed by atoms with Crippen LogP contribution in [0.1, 0.15) is 11.3 Å². The first-order valence-electron chi connectivity index (χ1n) is 5.49. The van der Waals surface area contributed by atoms with Crippen LogP contribution in [-0.2, 0) is 6.42 Å². The molecular formula is C13H12N4. The largest absolute Gasteiger partial charge is 0.324 e. The van der Waals surface area contributed by atoms with Crippen molar-refractivity contribution in [3.05, 3.63) is 66.2 Å². The van der Waals surface area contributed by atoms with E-state index in [0.29, 0.717) is 0 Å². The molecule has 0 spiro atoms. The van der Waals surface area contributed by atoms with Crippen molar-refractivity contribution < 1.29 is 0 Å². The van der Waals surface area contributed by atoms with Gasteiger partial charge in [-0.3, -0.25) is 0 Å². The number of nitrogens with one attached hydrogen (secondary N) is 1. The molecule has 84 valence electrons. The number of aromatic nitrogens is 4. The summed E-state index contributed by atoms with van der Waals surface area (Å²) in [4.78, 5) is 0. The highest BCUT2D eigenvalue weighted by atomic mass is 15.3. The second-order valence-electron chi connectivity index (χ2n) is 3.86. The third-order valence-electron chi connectivity index (χ3n) is 2.71. The third kappa shape index (κ3) is 1.97. The summed E-state index contributed by atoms with van der Waals surface area (Å²) in [6, 6.07) is 12.4. The Morgan fingerprint density at radius 1 is 1.06 bits per heavy atom. The number of aromatic amines is 1. The molecule has 3 aromatic rings. The maximum atomic E-state index is 4.09. The maximum Gasteiger partial charge on any atom is 0.0869 e. The molecule has 0 saturated heterocycles. The first-order chi connectivity index (χ1) is 8.43. The van der Waals surface area contributed by atoms with Crippen molar-refractivity contribution in [2.75, 3.05) is 0 Å². The summed E-state index contributed by atoms with van der Waals surface area (Å²) in [6.45, 7) is 0.